The number of hydrogen-bond donors (Lipinski definition) is 0. The first-order valence-electron chi connectivity index (χ1n) is 4.46. The molecular weight excluding hydrogens is 196 g/mol. The second-order valence-corrected chi connectivity index (χ2v) is 4.51. The van der Waals surface area contributed by atoms with Crippen LogP contribution in [0.25, 0.3) is 0 Å². The van der Waals surface area contributed by atoms with Crippen LogP contribution in [0.3, 0.4) is 0 Å². The van der Waals surface area contributed by atoms with E-state index in [4.69, 9.17) is 9.31 Å². The number of alkyl halides is 3. The largest absolute Gasteiger partial charge is 0.467 e. The molecule has 1 saturated heterocycles. The van der Waals surface area contributed by atoms with Crippen molar-refractivity contribution in [2.45, 2.75) is 51.4 Å². The van der Waals surface area contributed by atoms with Gasteiger partial charge in [0.15, 0.2) is 0 Å². The van der Waals surface area contributed by atoms with Crippen LogP contribution in [0.2, 0.25) is 6.32 Å². The summed E-state index contributed by atoms with van der Waals surface area (Å²) < 4.78 is 46.5. The molecular formula is C8H14BF3O2. The Labute approximate surface area is 81.9 Å². The highest BCUT2D eigenvalue weighted by molar-refractivity contribution is 6.45. The molecule has 2 nitrogen and oxygen atoms in total. The van der Waals surface area contributed by atoms with Crippen molar-refractivity contribution in [3.05, 3.63) is 0 Å². The highest BCUT2D eigenvalue weighted by atomic mass is 19.4. The van der Waals surface area contributed by atoms with Crippen LogP contribution >= 0.6 is 0 Å². The molecule has 0 N–H and O–H groups in total. The predicted octanol–water partition coefficient (Wildman–Crippen LogP) is 2.64. The molecule has 0 bridgehead atoms. The first-order chi connectivity index (χ1) is 6.04. The van der Waals surface area contributed by atoms with E-state index in [0.29, 0.717) is 0 Å². The number of halogens is 3. The summed E-state index contributed by atoms with van der Waals surface area (Å²) in [6.45, 7) is 6.90. The van der Waals surface area contributed by atoms with Gasteiger partial charge in [-0.1, -0.05) is 0 Å². The Morgan fingerprint density at radius 3 is 1.64 bits per heavy atom. The van der Waals surface area contributed by atoms with Gasteiger partial charge in [0.25, 0.3) is 0 Å². The normalized spacial score (nSPS) is 25.5. The molecule has 1 aliphatic heterocycles. The molecule has 0 atom stereocenters. The lowest BCUT2D eigenvalue weighted by Gasteiger charge is -2.32. The van der Waals surface area contributed by atoms with E-state index in [1.807, 2.05) is 0 Å². The third-order valence-corrected chi connectivity index (χ3v) is 2.70. The van der Waals surface area contributed by atoms with Gasteiger partial charge in [-0.15, -0.1) is 0 Å². The summed E-state index contributed by atoms with van der Waals surface area (Å²) in [4.78, 5) is 0. The van der Waals surface area contributed by atoms with E-state index < -0.39 is 30.8 Å². The molecule has 1 heterocycles. The van der Waals surface area contributed by atoms with Crippen molar-refractivity contribution < 1.29 is 22.5 Å². The first kappa shape index (κ1) is 11.8. The maximum Gasteiger partial charge on any atom is 0.467 e. The fraction of sp³-hybridized carbons (Fsp3) is 1.00. The molecule has 0 unspecified atom stereocenters. The van der Waals surface area contributed by atoms with Gasteiger partial charge in [0.2, 0.25) is 0 Å². The van der Waals surface area contributed by atoms with Crippen LogP contribution in [-0.4, -0.2) is 24.5 Å². The Bertz CT molecular complexity index is 209. The van der Waals surface area contributed by atoms with E-state index in [9.17, 15) is 13.2 Å². The van der Waals surface area contributed by atoms with Gasteiger partial charge < -0.3 is 9.31 Å². The zero-order valence-corrected chi connectivity index (χ0v) is 8.73. The Kier molecular flexibility index (Phi) is 2.65. The molecule has 1 rings (SSSR count). The minimum absolute atomic E-state index is 0.692. The lowest BCUT2D eigenvalue weighted by molar-refractivity contribution is -0.114. The maximum absolute atomic E-state index is 12.1. The molecule has 0 radical (unpaired) electrons. The van der Waals surface area contributed by atoms with Gasteiger partial charge in [0.1, 0.15) is 0 Å². The maximum atomic E-state index is 12.1. The molecule has 0 aromatic rings. The van der Waals surface area contributed by atoms with Gasteiger partial charge >= 0.3 is 13.3 Å². The van der Waals surface area contributed by atoms with Crippen LogP contribution in [0.1, 0.15) is 27.7 Å². The molecule has 1 fully saturated rings. The molecule has 6 heteroatoms. The minimum atomic E-state index is -4.25. The Morgan fingerprint density at radius 1 is 1.00 bits per heavy atom. The highest BCUT2D eigenvalue weighted by Gasteiger charge is 2.54. The second-order valence-electron chi connectivity index (χ2n) is 4.51. The van der Waals surface area contributed by atoms with Gasteiger partial charge in [-0.25, -0.2) is 0 Å². The van der Waals surface area contributed by atoms with Crippen LogP contribution in [0, 0.1) is 0 Å². The average molecular weight is 210 g/mol. The van der Waals surface area contributed by atoms with E-state index in [0.717, 1.165) is 0 Å². The summed E-state index contributed by atoms with van der Waals surface area (Å²) in [6.07, 6.45) is -5.30. The standard InChI is InChI=1S/C8H14BF3O2/c1-6(2)7(3,4)14-9(13-6)5-8(10,11)12/h5H2,1-4H3. The summed E-state index contributed by atoms with van der Waals surface area (Å²) in [6, 6.07) is 0. The minimum Gasteiger partial charge on any atom is -0.403 e. The van der Waals surface area contributed by atoms with Gasteiger partial charge in [0, 0.05) is 0 Å². The summed E-state index contributed by atoms with van der Waals surface area (Å²) in [5, 5.41) is 0. The van der Waals surface area contributed by atoms with Crippen LogP contribution in [-0.2, 0) is 9.31 Å². The van der Waals surface area contributed by atoms with E-state index in [-0.39, 0.29) is 0 Å². The summed E-state index contributed by atoms with van der Waals surface area (Å²) in [5.41, 5.74) is -1.38. The molecule has 0 aliphatic carbocycles. The lowest BCUT2D eigenvalue weighted by Crippen LogP contribution is -2.41. The zero-order valence-electron chi connectivity index (χ0n) is 8.73. The van der Waals surface area contributed by atoms with E-state index in [1.54, 1.807) is 27.7 Å². The average Bonchev–Trinajstić information content (AvgIpc) is 1.94. The van der Waals surface area contributed by atoms with Crippen molar-refractivity contribution in [3.8, 4) is 0 Å². The quantitative estimate of drug-likeness (QED) is 0.619. The van der Waals surface area contributed by atoms with Gasteiger partial charge in [-0.3, -0.25) is 0 Å². The van der Waals surface area contributed by atoms with Gasteiger partial charge in [-0.2, -0.15) is 13.2 Å². The van der Waals surface area contributed by atoms with Gasteiger partial charge in [0.05, 0.1) is 17.5 Å². The van der Waals surface area contributed by atoms with E-state index >= 15 is 0 Å². The van der Waals surface area contributed by atoms with Crippen molar-refractivity contribution in [2.24, 2.45) is 0 Å². The smallest absolute Gasteiger partial charge is 0.403 e. The van der Waals surface area contributed by atoms with Crippen molar-refractivity contribution in [2.75, 3.05) is 0 Å². The van der Waals surface area contributed by atoms with Crippen LogP contribution in [0.15, 0.2) is 0 Å². The fourth-order valence-corrected chi connectivity index (χ4v) is 1.24. The Hall–Kier alpha value is -0.225. The molecule has 0 amide bonds. The van der Waals surface area contributed by atoms with Crippen molar-refractivity contribution in [3.63, 3.8) is 0 Å². The highest BCUT2D eigenvalue weighted by Crippen LogP contribution is 2.39. The molecule has 0 aromatic heterocycles. The SMILES string of the molecule is CC1(C)OB(CC(F)(F)F)OC1(C)C. The monoisotopic (exact) mass is 210 g/mol. The molecule has 14 heavy (non-hydrogen) atoms. The molecule has 1 aliphatic rings. The van der Waals surface area contributed by atoms with Crippen molar-refractivity contribution >= 4 is 7.12 Å². The summed E-state index contributed by atoms with van der Waals surface area (Å²) in [5.74, 6) is 0. The topological polar surface area (TPSA) is 18.5 Å². The van der Waals surface area contributed by atoms with Crippen LogP contribution in [0.5, 0.6) is 0 Å². The number of hydrogen-bond acceptors (Lipinski definition) is 2. The molecule has 82 valence electrons. The lowest BCUT2D eigenvalue weighted by atomic mass is 9.85. The Morgan fingerprint density at radius 2 is 1.36 bits per heavy atom. The first-order valence-corrected chi connectivity index (χ1v) is 4.46. The fourth-order valence-electron chi connectivity index (χ4n) is 1.24. The molecule has 0 saturated carbocycles. The third-order valence-electron chi connectivity index (χ3n) is 2.70. The van der Waals surface area contributed by atoms with E-state index in [2.05, 4.69) is 0 Å². The van der Waals surface area contributed by atoms with Gasteiger partial charge in [-0.05, 0) is 27.7 Å². The van der Waals surface area contributed by atoms with Crippen molar-refractivity contribution in [1.29, 1.82) is 0 Å². The Balaban J connectivity index is 2.65. The zero-order chi connectivity index (χ0) is 11.2. The summed E-state index contributed by atoms with van der Waals surface area (Å²) >= 11 is 0. The predicted molar refractivity (Wildman–Crippen MR) is 46.9 cm³/mol. The van der Waals surface area contributed by atoms with Crippen LogP contribution < -0.4 is 0 Å². The second kappa shape index (κ2) is 3.13. The van der Waals surface area contributed by atoms with Crippen molar-refractivity contribution in [1.82, 2.24) is 0 Å². The third kappa shape index (κ3) is 2.42. The van der Waals surface area contributed by atoms with E-state index in [1.165, 1.54) is 0 Å². The number of rotatable bonds is 1. The summed E-state index contributed by atoms with van der Waals surface area (Å²) in [7, 11) is -1.18. The molecule has 0 spiro atoms. The van der Waals surface area contributed by atoms with Crippen LogP contribution in [0.4, 0.5) is 13.2 Å². The molecule has 0 aromatic carbocycles.